The van der Waals surface area contributed by atoms with Gasteiger partial charge in [0.2, 0.25) is 0 Å². The number of carbonyl (C=O) groups is 1. The summed E-state index contributed by atoms with van der Waals surface area (Å²) in [4.78, 5) is 19.4. The van der Waals surface area contributed by atoms with E-state index in [-0.39, 0.29) is 5.91 Å². The predicted molar refractivity (Wildman–Crippen MR) is 91.0 cm³/mol. The van der Waals surface area contributed by atoms with E-state index in [1.807, 2.05) is 36.4 Å². The van der Waals surface area contributed by atoms with Crippen LogP contribution in [0.4, 0.5) is 11.5 Å². The molecular weight excluding hydrogens is 288 g/mol. The van der Waals surface area contributed by atoms with E-state index in [1.165, 1.54) is 0 Å². The molecule has 1 amide bonds. The Morgan fingerprint density at radius 1 is 1.26 bits per heavy atom. The van der Waals surface area contributed by atoms with Gasteiger partial charge in [-0.1, -0.05) is 18.2 Å². The molecule has 1 aromatic heterocycles. The topological polar surface area (TPSA) is 57.3 Å². The van der Waals surface area contributed by atoms with E-state index < -0.39 is 0 Å². The van der Waals surface area contributed by atoms with E-state index in [1.54, 1.807) is 6.20 Å². The van der Waals surface area contributed by atoms with Crippen LogP contribution in [-0.2, 0) is 6.42 Å². The number of rotatable bonds is 2. The van der Waals surface area contributed by atoms with Crippen molar-refractivity contribution in [2.45, 2.75) is 18.9 Å². The fraction of sp³-hybridized carbons (Fsp3) is 0.333. The Hall–Kier alpha value is -2.40. The van der Waals surface area contributed by atoms with Gasteiger partial charge in [-0.05, 0) is 31.0 Å². The van der Waals surface area contributed by atoms with Gasteiger partial charge in [0, 0.05) is 48.7 Å². The first-order valence-corrected chi connectivity index (χ1v) is 8.14. The van der Waals surface area contributed by atoms with Gasteiger partial charge in [-0.15, -0.1) is 0 Å². The highest BCUT2D eigenvalue weighted by molar-refractivity contribution is 6.04. The Bertz CT molecular complexity index is 716. The minimum atomic E-state index is -0.0681. The molecular formula is C18H20N4O. The Morgan fingerprint density at radius 3 is 3.00 bits per heavy atom. The zero-order valence-electron chi connectivity index (χ0n) is 13.0. The maximum Gasteiger partial charge on any atom is 0.255 e. The lowest BCUT2D eigenvalue weighted by molar-refractivity contribution is 0.102. The van der Waals surface area contributed by atoms with Gasteiger partial charge < -0.3 is 15.5 Å². The largest absolute Gasteiger partial charge is 0.351 e. The van der Waals surface area contributed by atoms with Crippen molar-refractivity contribution in [1.82, 2.24) is 10.3 Å². The molecule has 2 aromatic rings. The molecule has 2 aliphatic heterocycles. The molecule has 23 heavy (non-hydrogen) atoms. The van der Waals surface area contributed by atoms with Gasteiger partial charge in [0.25, 0.3) is 5.91 Å². The summed E-state index contributed by atoms with van der Waals surface area (Å²) in [7, 11) is 0. The van der Waals surface area contributed by atoms with Crippen molar-refractivity contribution in [1.29, 1.82) is 0 Å². The lowest BCUT2D eigenvalue weighted by Gasteiger charge is -2.41. The molecule has 3 heterocycles. The van der Waals surface area contributed by atoms with Crippen molar-refractivity contribution < 1.29 is 4.79 Å². The molecule has 0 radical (unpaired) electrons. The van der Waals surface area contributed by atoms with Gasteiger partial charge in [0.15, 0.2) is 0 Å². The first kappa shape index (κ1) is 14.2. The molecule has 1 saturated heterocycles. The average Bonchev–Trinajstić information content (AvgIpc) is 2.62. The number of nitrogens with one attached hydrogen (secondary N) is 2. The highest BCUT2D eigenvalue weighted by Gasteiger charge is 2.30. The number of fused-ring (bicyclic) bond motifs is 3. The van der Waals surface area contributed by atoms with Crippen LogP contribution in [0.15, 0.2) is 42.6 Å². The fourth-order valence-electron chi connectivity index (χ4n) is 3.49. The number of hydrogen-bond donors (Lipinski definition) is 2. The van der Waals surface area contributed by atoms with Crippen molar-refractivity contribution in [2.24, 2.45) is 0 Å². The molecule has 2 N–H and O–H groups in total. The summed E-state index contributed by atoms with van der Waals surface area (Å²) in [6.07, 6.45) is 3.85. The summed E-state index contributed by atoms with van der Waals surface area (Å²) in [6.45, 7) is 2.97. The van der Waals surface area contributed by atoms with E-state index in [2.05, 4.69) is 20.5 Å². The second-order valence-electron chi connectivity index (χ2n) is 6.07. The monoisotopic (exact) mass is 308 g/mol. The quantitative estimate of drug-likeness (QED) is 0.891. The molecule has 4 rings (SSSR count). The van der Waals surface area contributed by atoms with Gasteiger partial charge in [-0.25, -0.2) is 4.98 Å². The van der Waals surface area contributed by atoms with Crippen LogP contribution >= 0.6 is 0 Å². The molecule has 0 spiro atoms. The summed E-state index contributed by atoms with van der Waals surface area (Å²) >= 11 is 0. The van der Waals surface area contributed by atoms with Crippen molar-refractivity contribution in [3.63, 3.8) is 0 Å². The zero-order chi connectivity index (χ0) is 15.6. The van der Waals surface area contributed by atoms with Crippen molar-refractivity contribution in [2.75, 3.05) is 29.9 Å². The molecule has 1 atom stereocenters. The first-order chi connectivity index (χ1) is 11.3. The summed E-state index contributed by atoms with van der Waals surface area (Å²) in [5, 5.41) is 6.50. The number of piperazine rings is 1. The zero-order valence-corrected chi connectivity index (χ0v) is 13.0. The number of aromatic nitrogens is 1. The van der Waals surface area contributed by atoms with Crippen LogP contribution < -0.4 is 15.5 Å². The maximum atomic E-state index is 12.4. The third kappa shape index (κ3) is 2.68. The van der Waals surface area contributed by atoms with Crippen LogP contribution in [0.2, 0.25) is 0 Å². The number of anilines is 2. The van der Waals surface area contributed by atoms with Crippen LogP contribution in [0.25, 0.3) is 0 Å². The van der Waals surface area contributed by atoms with Gasteiger partial charge in [-0.2, -0.15) is 0 Å². The number of amides is 1. The summed E-state index contributed by atoms with van der Waals surface area (Å²) in [5.41, 5.74) is 2.73. The van der Waals surface area contributed by atoms with Crippen molar-refractivity contribution >= 4 is 17.4 Å². The number of pyridine rings is 1. The molecule has 0 bridgehead atoms. The first-order valence-electron chi connectivity index (χ1n) is 8.14. The summed E-state index contributed by atoms with van der Waals surface area (Å²) in [6, 6.07) is 11.7. The van der Waals surface area contributed by atoms with Crippen LogP contribution in [0, 0.1) is 0 Å². The molecule has 0 aliphatic carbocycles. The Labute approximate surface area is 135 Å². The SMILES string of the molecule is O=C(Nc1ccnc2c1CCC1CNCCN21)c1ccccc1. The smallest absolute Gasteiger partial charge is 0.255 e. The van der Waals surface area contributed by atoms with E-state index in [0.29, 0.717) is 11.6 Å². The molecule has 5 heteroatoms. The number of nitrogens with zero attached hydrogens (tertiary/aromatic N) is 2. The van der Waals surface area contributed by atoms with Gasteiger partial charge in [-0.3, -0.25) is 4.79 Å². The van der Waals surface area contributed by atoms with E-state index in [0.717, 1.165) is 49.5 Å². The molecule has 0 saturated carbocycles. The second kappa shape index (κ2) is 6.01. The van der Waals surface area contributed by atoms with E-state index >= 15 is 0 Å². The lowest BCUT2D eigenvalue weighted by atomic mass is 9.96. The molecule has 1 aromatic carbocycles. The van der Waals surface area contributed by atoms with Crippen LogP contribution in [-0.4, -0.2) is 36.6 Å². The van der Waals surface area contributed by atoms with Crippen molar-refractivity contribution in [3.05, 3.63) is 53.7 Å². The highest BCUT2D eigenvalue weighted by Crippen LogP contribution is 2.34. The summed E-state index contributed by atoms with van der Waals surface area (Å²) < 4.78 is 0. The van der Waals surface area contributed by atoms with E-state index in [4.69, 9.17) is 0 Å². The number of hydrogen-bond acceptors (Lipinski definition) is 4. The van der Waals surface area contributed by atoms with Gasteiger partial charge in [0.1, 0.15) is 5.82 Å². The fourth-order valence-corrected chi connectivity index (χ4v) is 3.49. The van der Waals surface area contributed by atoms with Crippen LogP contribution in [0.1, 0.15) is 22.3 Å². The summed E-state index contributed by atoms with van der Waals surface area (Å²) in [5.74, 6) is 0.968. The Morgan fingerprint density at radius 2 is 2.13 bits per heavy atom. The lowest BCUT2D eigenvalue weighted by Crippen LogP contribution is -2.53. The second-order valence-corrected chi connectivity index (χ2v) is 6.07. The van der Waals surface area contributed by atoms with Gasteiger partial charge in [0.05, 0.1) is 0 Å². The van der Waals surface area contributed by atoms with Gasteiger partial charge >= 0.3 is 0 Å². The van der Waals surface area contributed by atoms with Crippen LogP contribution in [0.5, 0.6) is 0 Å². The third-order valence-corrected chi connectivity index (χ3v) is 4.67. The number of carbonyl (C=O) groups excluding carboxylic acids is 1. The molecule has 118 valence electrons. The Kier molecular flexibility index (Phi) is 3.71. The molecule has 2 aliphatic rings. The minimum Gasteiger partial charge on any atom is -0.351 e. The normalized spacial score (nSPS) is 19.7. The minimum absolute atomic E-state index is 0.0681. The molecule has 1 fully saturated rings. The third-order valence-electron chi connectivity index (χ3n) is 4.67. The highest BCUT2D eigenvalue weighted by atomic mass is 16.1. The Balaban J connectivity index is 1.62. The molecule has 5 nitrogen and oxygen atoms in total. The standard InChI is InChI=1S/C18H20N4O/c23-18(13-4-2-1-3-5-13)21-16-8-9-20-17-15(16)7-6-14-12-19-10-11-22(14)17/h1-5,8-9,14,19H,6-7,10-12H2,(H,20,21,23). The molecule has 1 unspecified atom stereocenters. The van der Waals surface area contributed by atoms with E-state index in [9.17, 15) is 4.79 Å². The maximum absolute atomic E-state index is 12.4. The predicted octanol–water partition coefficient (Wildman–Crippen LogP) is 2.06. The number of benzene rings is 1. The van der Waals surface area contributed by atoms with Crippen molar-refractivity contribution in [3.8, 4) is 0 Å². The average molecular weight is 308 g/mol. The van der Waals surface area contributed by atoms with Crippen LogP contribution in [0.3, 0.4) is 0 Å².